The second-order valence-electron chi connectivity index (χ2n) is 4.73. The van der Waals surface area contributed by atoms with E-state index < -0.39 is 0 Å². The summed E-state index contributed by atoms with van der Waals surface area (Å²) in [5.41, 5.74) is 7.87. The zero-order valence-electron chi connectivity index (χ0n) is 11.5. The van der Waals surface area contributed by atoms with Crippen molar-refractivity contribution < 1.29 is 4.52 Å². The van der Waals surface area contributed by atoms with Gasteiger partial charge >= 0.3 is 0 Å². The molecule has 0 spiro atoms. The lowest BCUT2D eigenvalue weighted by molar-refractivity contribution is 0.422. The Bertz CT molecular complexity index is 595. The lowest BCUT2D eigenvalue weighted by atomic mass is 10.2. The minimum absolute atomic E-state index is 0.332. The third-order valence-electron chi connectivity index (χ3n) is 3.37. The van der Waals surface area contributed by atoms with Crippen molar-refractivity contribution in [3.05, 3.63) is 16.8 Å². The zero-order valence-corrected chi connectivity index (χ0v) is 13.9. The summed E-state index contributed by atoms with van der Waals surface area (Å²) < 4.78 is 5.44. The Hall–Kier alpha value is -0.660. The highest BCUT2D eigenvalue weighted by Crippen LogP contribution is 2.44. The Labute approximate surface area is 130 Å². The van der Waals surface area contributed by atoms with Gasteiger partial charge in [0.05, 0.1) is 10.9 Å². The summed E-state index contributed by atoms with van der Waals surface area (Å²) in [5, 5.41) is 7.12. The maximum Gasteiger partial charge on any atom is 0.270 e. The average Bonchev–Trinajstić information content (AvgIpc) is 3.07. The van der Waals surface area contributed by atoms with Crippen LogP contribution in [0, 0.1) is 6.92 Å². The number of nitrogen functional groups attached to an aromatic ring is 1. The number of hydrogen-bond acceptors (Lipinski definition) is 7. The molecule has 1 saturated heterocycles. The molecule has 0 aromatic carbocycles. The molecule has 1 aliphatic rings. The Morgan fingerprint density at radius 2 is 2.20 bits per heavy atom. The van der Waals surface area contributed by atoms with E-state index >= 15 is 0 Å². The third-order valence-corrected chi connectivity index (χ3v) is 7.71. The molecule has 108 valence electrons. The van der Waals surface area contributed by atoms with Gasteiger partial charge in [0.15, 0.2) is 5.82 Å². The Kier molecular flexibility index (Phi) is 4.28. The zero-order chi connectivity index (χ0) is 14.1. The van der Waals surface area contributed by atoms with E-state index in [1.165, 1.54) is 5.75 Å². The number of rotatable bonds is 3. The first-order valence-corrected chi connectivity index (χ1v) is 9.59. The standard InChI is InChI=1S/C13H17N3OS3/c1-3-8-10(19-5-4-18-8)12-15-13(17-16-12)11-9(14)7(2)6-20-11/h6,8,10H,3-5,14H2,1-2H3. The Morgan fingerprint density at radius 3 is 2.90 bits per heavy atom. The normalized spacial score (nSPS) is 23.1. The first-order valence-electron chi connectivity index (χ1n) is 6.61. The van der Waals surface area contributed by atoms with Crippen LogP contribution in [0.4, 0.5) is 5.69 Å². The van der Waals surface area contributed by atoms with Gasteiger partial charge < -0.3 is 10.3 Å². The van der Waals surface area contributed by atoms with Gasteiger partial charge in [0, 0.05) is 16.8 Å². The van der Waals surface area contributed by atoms with Gasteiger partial charge in [0.2, 0.25) is 0 Å². The Morgan fingerprint density at radius 1 is 1.40 bits per heavy atom. The quantitative estimate of drug-likeness (QED) is 0.919. The highest BCUT2D eigenvalue weighted by Gasteiger charge is 2.30. The molecule has 0 bridgehead atoms. The number of aromatic nitrogens is 2. The summed E-state index contributed by atoms with van der Waals surface area (Å²) in [7, 11) is 0. The second-order valence-corrected chi connectivity index (χ2v) is 8.20. The van der Waals surface area contributed by atoms with E-state index in [0.717, 1.165) is 34.1 Å². The number of nitrogens with two attached hydrogens (primary N) is 1. The molecule has 3 heterocycles. The number of thioether (sulfide) groups is 2. The molecule has 3 rings (SSSR count). The molecular weight excluding hydrogens is 310 g/mol. The molecule has 2 N–H and O–H groups in total. The Balaban J connectivity index is 1.88. The molecule has 7 heteroatoms. The summed E-state index contributed by atoms with van der Waals surface area (Å²) in [6.45, 7) is 4.21. The van der Waals surface area contributed by atoms with Crippen LogP contribution in [0.5, 0.6) is 0 Å². The molecule has 4 nitrogen and oxygen atoms in total. The van der Waals surface area contributed by atoms with Crippen molar-refractivity contribution in [3.8, 4) is 10.8 Å². The van der Waals surface area contributed by atoms with Crippen LogP contribution < -0.4 is 5.73 Å². The maximum atomic E-state index is 6.05. The summed E-state index contributed by atoms with van der Waals surface area (Å²) in [5.74, 6) is 3.73. The molecule has 2 atom stereocenters. The molecule has 20 heavy (non-hydrogen) atoms. The first-order chi connectivity index (χ1) is 9.70. The fourth-order valence-electron chi connectivity index (χ4n) is 2.20. The van der Waals surface area contributed by atoms with Crippen molar-refractivity contribution in [2.24, 2.45) is 0 Å². The van der Waals surface area contributed by atoms with Gasteiger partial charge in [-0.05, 0) is 24.3 Å². The monoisotopic (exact) mass is 327 g/mol. The maximum absolute atomic E-state index is 6.05. The van der Waals surface area contributed by atoms with Crippen molar-refractivity contribution in [3.63, 3.8) is 0 Å². The summed E-state index contributed by atoms with van der Waals surface area (Å²) in [6.07, 6.45) is 1.13. The van der Waals surface area contributed by atoms with Gasteiger partial charge in [0.25, 0.3) is 5.89 Å². The minimum atomic E-state index is 0.332. The predicted molar refractivity (Wildman–Crippen MR) is 88.5 cm³/mol. The van der Waals surface area contributed by atoms with Gasteiger partial charge in [0.1, 0.15) is 4.88 Å². The highest BCUT2D eigenvalue weighted by atomic mass is 32.2. The smallest absolute Gasteiger partial charge is 0.270 e. The number of thiophene rings is 1. The van der Waals surface area contributed by atoms with Gasteiger partial charge in [-0.2, -0.15) is 16.7 Å². The van der Waals surface area contributed by atoms with Crippen LogP contribution in [-0.4, -0.2) is 26.9 Å². The SMILES string of the molecule is CCC1SCCSC1c1noc(-c2scc(C)c2N)n1. The first kappa shape index (κ1) is 14.3. The minimum Gasteiger partial charge on any atom is -0.397 e. The predicted octanol–water partition coefficient (Wildman–Crippen LogP) is 3.99. The van der Waals surface area contributed by atoms with Gasteiger partial charge in [-0.1, -0.05) is 12.1 Å². The molecule has 0 saturated carbocycles. The van der Waals surface area contributed by atoms with Gasteiger partial charge in [-0.15, -0.1) is 23.1 Å². The van der Waals surface area contributed by atoms with E-state index in [2.05, 4.69) is 17.1 Å². The van der Waals surface area contributed by atoms with Crippen LogP contribution in [0.1, 0.15) is 30.0 Å². The van der Waals surface area contributed by atoms with Crippen LogP contribution in [-0.2, 0) is 0 Å². The van der Waals surface area contributed by atoms with E-state index in [-0.39, 0.29) is 0 Å². The largest absolute Gasteiger partial charge is 0.397 e. The molecule has 2 aromatic heterocycles. The lowest BCUT2D eigenvalue weighted by Gasteiger charge is -2.27. The van der Waals surface area contributed by atoms with E-state index in [9.17, 15) is 0 Å². The van der Waals surface area contributed by atoms with Crippen molar-refractivity contribution in [2.45, 2.75) is 30.8 Å². The van der Waals surface area contributed by atoms with Crippen LogP contribution >= 0.6 is 34.9 Å². The average molecular weight is 328 g/mol. The van der Waals surface area contributed by atoms with Crippen LogP contribution in [0.25, 0.3) is 10.8 Å². The molecule has 2 unspecified atom stereocenters. The molecule has 1 fully saturated rings. The lowest BCUT2D eigenvalue weighted by Crippen LogP contribution is -2.19. The molecule has 2 aromatic rings. The number of aryl methyl sites for hydroxylation is 1. The van der Waals surface area contributed by atoms with E-state index in [4.69, 9.17) is 10.3 Å². The molecule has 0 radical (unpaired) electrons. The van der Waals surface area contributed by atoms with Crippen molar-refractivity contribution in [1.29, 1.82) is 0 Å². The van der Waals surface area contributed by atoms with Gasteiger partial charge in [-0.25, -0.2) is 0 Å². The van der Waals surface area contributed by atoms with Crippen LogP contribution in [0.15, 0.2) is 9.90 Å². The van der Waals surface area contributed by atoms with Crippen molar-refractivity contribution >= 4 is 40.5 Å². The van der Waals surface area contributed by atoms with Crippen LogP contribution in [0.3, 0.4) is 0 Å². The molecule has 0 amide bonds. The second kappa shape index (κ2) is 5.99. The topological polar surface area (TPSA) is 64.9 Å². The van der Waals surface area contributed by atoms with Crippen molar-refractivity contribution in [2.75, 3.05) is 17.2 Å². The molecule has 0 aliphatic carbocycles. The fraction of sp³-hybridized carbons (Fsp3) is 0.538. The highest BCUT2D eigenvalue weighted by molar-refractivity contribution is 8.06. The number of hydrogen-bond donors (Lipinski definition) is 1. The molecular formula is C13H17N3OS3. The summed E-state index contributed by atoms with van der Waals surface area (Å²) >= 11 is 5.51. The van der Waals surface area contributed by atoms with Gasteiger partial charge in [-0.3, -0.25) is 0 Å². The van der Waals surface area contributed by atoms with E-state index in [0.29, 0.717) is 16.4 Å². The summed E-state index contributed by atoms with van der Waals surface area (Å²) in [4.78, 5) is 5.49. The number of anilines is 1. The van der Waals surface area contributed by atoms with E-state index in [1.54, 1.807) is 11.3 Å². The fourth-order valence-corrected chi connectivity index (χ4v) is 6.08. The van der Waals surface area contributed by atoms with Crippen molar-refractivity contribution in [1.82, 2.24) is 10.1 Å². The summed E-state index contributed by atoms with van der Waals surface area (Å²) in [6, 6.07) is 0. The van der Waals surface area contributed by atoms with Crippen LogP contribution in [0.2, 0.25) is 0 Å². The van der Waals surface area contributed by atoms with E-state index in [1.807, 2.05) is 35.8 Å². The third kappa shape index (κ3) is 2.58. The molecule has 1 aliphatic heterocycles. The number of nitrogens with zero attached hydrogens (tertiary/aromatic N) is 2.